The van der Waals surface area contributed by atoms with E-state index in [0.717, 1.165) is 5.56 Å². The van der Waals surface area contributed by atoms with Crippen molar-refractivity contribution in [3.8, 4) is 0 Å². The summed E-state index contributed by atoms with van der Waals surface area (Å²) >= 11 is 0. The van der Waals surface area contributed by atoms with Gasteiger partial charge >= 0.3 is 5.97 Å². The third-order valence-electron chi connectivity index (χ3n) is 6.95. The van der Waals surface area contributed by atoms with Crippen LogP contribution in [0.2, 0.25) is 5.04 Å². The summed E-state index contributed by atoms with van der Waals surface area (Å²) in [5.41, 5.74) is 0.370. The maximum absolute atomic E-state index is 12.7. The summed E-state index contributed by atoms with van der Waals surface area (Å²) in [6.45, 7) is 12.8. The third-order valence-corrected chi connectivity index (χ3v) is 12.0. The number of benzene rings is 3. The van der Waals surface area contributed by atoms with Gasteiger partial charge in [0, 0.05) is 12.0 Å². The predicted octanol–water partition coefficient (Wildman–Crippen LogP) is 6.17. The van der Waals surface area contributed by atoms with Crippen molar-refractivity contribution < 1.29 is 23.4 Å². The Morgan fingerprint density at radius 2 is 1.26 bits per heavy atom. The Balaban J connectivity index is 1.63. The molecule has 0 N–H and O–H groups in total. The van der Waals surface area contributed by atoms with Crippen molar-refractivity contribution in [2.75, 3.05) is 6.61 Å². The topological polar surface area (TPSA) is 54.0 Å². The summed E-state index contributed by atoms with van der Waals surface area (Å²) in [6.07, 6.45) is -0.467. The van der Waals surface area contributed by atoms with Crippen LogP contribution in [0.15, 0.2) is 91.0 Å². The average Bonchev–Trinajstić information content (AvgIpc) is 2.89. The lowest BCUT2D eigenvalue weighted by Gasteiger charge is -2.44. The van der Waals surface area contributed by atoms with Crippen LogP contribution in [0, 0.1) is 0 Å². The smallest absolute Gasteiger partial charge is 0.308 e. The Kier molecular flexibility index (Phi) is 9.12. The lowest BCUT2D eigenvalue weighted by atomic mass is 10.1. The van der Waals surface area contributed by atoms with Crippen molar-refractivity contribution in [2.45, 2.75) is 83.5 Å². The summed E-state index contributed by atoms with van der Waals surface area (Å²) in [4.78, 5) is 12.7. The highest BCUT2D eigenvalue weighted by Gasteiger charge is 2.50. The normalized spacial score (nSPS) is 20.4. The second-order valence-corrected chi connectivity index (χ2v) is 16.6. The second kappa shape index (κ2) is 12.2. The predicted molar refractivity (Wildman–Crippen MR) is 158 cm³/mol. The number of ether oxygens (including phenoxy) is 3. The van der Waals surface area contributed by atoms with Gasteiger partial charge in [0.25, 0.3) is 8.32 Å². The number of carbonyl (C=O) groups is 1. The van der Waals surface area contributed by atoms with Crippen LogP contribution in [0.25, 0.3) is 0 Å². The fourth-order valence-electron chi connectivity index (χ4n) is 5.34. The number of rotatable bonds is 8. The zero-order valence-electron chi connectivity index (χ0n) is 24.1. The second-order valence-electron chi connectivity index (χ2n) is 12.3. The lowest BCUT2D eigenvalue weighted by Crippen LogP contribution is -2.67. The van der Waals surface area contributed by atoms with E-state index in [1.807, 2.05) is 63.2 Å². The molecule has 39 heavy (non-hydrogen) atoms. The zero-order valence-corrected chi connectivity index (χ0v) is 25.1. The number of hydrogen-bond donors (Lipinski definition) is 0. The van der Waals surface area contributed by atoms with E-state index in [2.05, 4.69) is 69.3 Å². The van der Waals surface area contributed by atoms with Gasteiger partial charge in [0.2, 0.25) is 0 Å². The van der Waals surface area contributed by atoms with Crippen molar-refractivity contribution in [3.05, 3.63) is 96.6 Å². The zero-order chi connectivity index (χ0) is 28.1. The molecule has 0 spiro atoms. The molecule has 0 bridgehead atoms. The minimum absolute atomic E-state index is 0.143. The molecule has 1 heterocycles. The van der Waals surface area contributed by atoms with Gasteiger partial charge in [-0.25, -0.2) is 0 Å². The van der Waals surface area contributed by atoms with Gasteiger partial charge in [-0.05, 0) is 36.2 Å². The molecule has 3 aromatic rings. The molecule has 0 radical (unpaired) electrons. The summed E-state index contributed by atoms with van der Waals surface area (Å²) < 4.78 is 25.6. The van der Waals surface area contributed by atoms with Crippen molar-refractivity contribution in [2.24, 2.45) is 0 Å². The molecule has 6 heteroatoms. The molecule has 5 nitrogen and oxygen atoms in total. The van der Waals surface area contributed by atoms with Crippen LogP contribution in [0.1, 0.15) is 66.2 Å². The minimum Gasteiger partial charge on any atom is -0.460 e. The quantitative estimate of drug-likeness (QED) is 0.250. The van der Waals surface area contributed by atoms with Crippen LogP contribution in [0.4, 0.5) is 0 Å². The number of carbonyl (C=O) groups excluding carboxylic acids is 1. The SMILES string of the molecule is CC(C)(C)OC(=O)C[C@H]1C[C@@H](CO[Si](c2ccccc2)(c2ccccc2)C(C)(C)C)OC(c2ccccc2)O1. The Bertz CT molecular complexity index is 1150. The van der Waals surface area contributed by atoms with Crippen molar-refractivity contribution in [3.63, 3.8) is 0 Å². The Morgan fingerprint density at radius 1 is 0.769 bits per heavy atom. The molecule has 0 aliphatic carbocycles. The fourth-order valence-corrected chi connectivity index (χ4v) is 9.93. The van der Waals surface area contributed by atoms with Gasteiger partial charge in [0.05, 0.1) is 25.2 Å². The van der Waals surface area contributed by atoms with Crippen LogP contribution in [0.3, 0.4) is 0 Å². The molecule has 0 amide bonds. The molecule has 1 unspecified atom stereocenters. The van der Waals surface area contributed by atoms with Gasteiger partial charge < -0.3 is 18.6 Å². The number of esters is 1. The molecule has 1 saturated heterocycles. The highest BCUT2D eigenvalue weighted by Crippen LogP contribution is 2.38. The van der Waals surface area contributed by atoms with Gasteiger partial charge in [-0.3, -0.25) is 4.79 Å². The lowest BCUT2D eigenvalue weighted by molar-refractivity contribution is -0.254. The largest absolute Gasteiger partial charge is 0.460 e. The van der Waals surface area contributed by atoms with Crippen molar-refractivity contribution in [1.82, 2.24) is 0 Å². The Hall–Kier alpha value is -2.77. The van der Waals surface area contributed by atoms with E-state index in [1.165, 1.54) is 10.4 Å². The van der Waals surface area contributed by atoms with Gasteiger partial charge in [0.15, 0.2) is 6.29 Å². The molecule has 0 aromatic heterocycles. The average molecular weight is 547 g/mol. The Morgan fingerprint density at radius 3 is 1.74 bits per heavy atom. The van der Waals surface area contributed by atoms with Crippen LogP contribution in [-0.2, 0) is 23.4 Å². The highest BCUT2D eigenvalue weighted by molar-refractivity contribution is 6.99. The molecule has 1 aliphatic rings. The van der Waals surface area contributed by atoms with E-state index in [-0.39, 0.29) is 29.6 Å². The summed E-state index contributed by atoms with van der Waals surface area (Å²) in [7, 11) is -2.73. The summed E-state index contributed by atoms with van der Waals surface area (Å²) in [5.74, 6) is -0.270. The standard InChI is InChI=1S/C33H42O5Si/c1-32(2,3)38-30(34)23-26-22-27(37-31(36-26)25-16-10-7-11-17-25)24-35-39(33(4,5)6,28-18-12-8-13-19-28)29-20-14-9-15-21-29/h7-21,26-27,31H,22-24H2,1-6H3/t26-,27+,31?/m1/s1. The highest BCUT2D eigenvalue weighted by atomic mass is 28.4. The first kappa shape index (κ1) is 29.2. The van der Waals surface area contributed by atoms with Crippen LogP contribution < -0.4 is 10.4 Å². The van der Waals surface area contributed by atoms with E-state index in [9.17, 15) is 4.79 Å². The molecule has 3 atom stereocenters. The Labute approximate surface area is 234 Å². The molecule has 4 rings (SSSR count). The molecule has 1 aliphatic heterocycles. The molecular weight excluding hydrogens is 504 g/mol. The molecule has 3 aromatic carbocycles. The van der Waals surface area contributed by atoms with Gasteiger partial charge in [-0.2, -0.15) is 0 Å². The van der Waals surface area contributed by atoms with E-state index >= 15 is 0 Å². The molecule has 0 saturated carbocycles. The van der Waals surface area contributed by atoms with E-state index in [0.29, 0.717) is 13.0 Å². The van der Waals surface area contributed by atoms with Crippen molar-refractivity contribution in [1.29, 1.82) is 0 Å². The van der Waals surface area contributed by atoms with Crippen LogP contribution in [-0.4, -0.2) is 38.7 Å². The van der Waals surface area contributed by atoms with Gasteiger partial charge in [0.1, 0.15) is 5.60 Å². The maximum atomic E-state index is 12.7. The first-order valence-corrected chi connectivity index (χ1v) is 15.7. The van der Waals surface area contributed by atoms with Gasteiger partial charge in [-0.15, -0.1) is 0 Å². The van der Waals surface area contributed by atoms with E-state index in [4.69, 9.17) is 18.6 Å². The summed E-state index contributed by atoms with van der Waals surface area (Å²) in [6, 6.07) is 31.1. The fraction of sp³-hybridized carbons (Fsp3) is 0.424. The van der Waals surface area contributed by atoms with Crippen molar-refractivity contribution >= 4 is 24.7 Å². The third kappa shape index (κ3) is 7.25. The monoisotopic (exact) mass is 546 g/mol. The maximum Gasteiger partial charge on any atom is 0.308 e. The van der Waals surface area contributed by atoms with Crippen LogP contribution in [0.5, 0.6) is 0 Å². The minimum atomic E-state index is -2.73. The van der Waals surface area contributed by atoms with E-state index < -0.39 is 20.2 Å². The van der Waals surface area contributed by atoms with E-state index in [1.54, 1.807) is 0 Å². The first-order valence-electron chi connectivity index (χ1n) is 13.8. The molecule has 1 fully saturated rings. The molecule has 208 valence electrons. The number of hydrogen-bond acceptors (Lipinski definition) is 5. The first-order chi connectivity index (χ1) is 18.5. The van der Waals surface area contributed by atoms with Crippen LogP contribution >= 0.6 is 0 Å². The van der Waals surface area contributed by atoms with Gasteiger partial charge in [-0.1, -0.05) is 112 Å². The summed E-state index contributed by atoms with van der Waals surface area (Å²) in [5, 5.41) is 2.30. The molecular formula is C33H42O5Si.